The standard InChI is InChI=1S/C18H17N3OS2/c1-13-16(24-18(21-13)15-9-5-6-10-19-15)17(22)20-11-12-23-14-7-3-2-4-8-14/h2-10H,11-12H2,1H3,(H,20,22). The zero-order valence-electron chi connectivity index (χ0n) is 13.2. The monoisotopic (exact) mass is 355 g/mol. The van der Waals surface area contributed by atoms with E-state index < -0.39 is 0 Å². The van der Waals surface area contributed by atoms with E-state index in [1.807, 2.05) is 43.3 Å². The van der Waals surface area contributed by atoms with Gasteiger partial charge in [-0.3, -0.25) is 9.78 Å². The van der Waals surface area contributed by atoms with E-state index in [2.05, 4.69) is 27.4 Å². The van der Waals surface area contributed by atoms with Crippen LogP contribution in [0, 0.1) is 6.92 Å². The third kappa shape index (κ3) is 4.21. The first-order chi connectivity index (χ1) is 11.7. The van der Waals surface area contributed by atoms with Crippen molar-refractivity contribution in [3.8, 4) is 10.7 Å². The van der Waals surface area contributed by atoms with Crippen molar-refractivity contribution in [3.05, 3.63) is 65.3 Å². The zero-order valence-corrected chi connectivity index (χ0v) is 14.9. The van der Waals surface area contributed by atoms with Gasteiger partial charge in [0.1, 0.15) is 9.88 Å². The van der Waals surface area contributed by atoms with E-state index in [0.29, 0.717) is 11.4 Å². The van der Waals surface area contributed by atoms with Gasteiger partial charge in [-0.2, -0.15) is 0 Å². The van der Waals surface area contributed by atoms with Gasteiger partial charge in [0.25, 0.3) is 5.91 Å². The molecular weight excluding hydrogens is 338 g/mol. The van der Waals surface area contributed by atoms with Crippen LogP contribution in [0.15, 0.2) is 59.6 Å². The number of pyridine rings is 1. The molecule has 1 N–H and O–H groups in total. The molecule has 0 aliphatic carbocycles. The Bertz CT molecular complexity index is 804. The van der Waals surface area contributed by atoms with E-state index in [-0.39, 0.29) is 5.91 Å². The second-order valence-corrected chi connectivity index (χ2v) is 7.23. The van der Waals surface area contributed by atoms with Gasteiger partial charge in [0.05, 0.1) is 11.4 Å². The van der Waals surface area contributed by atoms with Crippen LogP contribution in [0.5, 0.6) is 0 Å². The van der Waals surface area contributed by atoms with Gasteiger partial charge in [-0.15, -0.1) is 23.1 Å². The van der Waals surface area contributed by atoms with Crippen molar-refractivity contribution in [1.82, 2.24) is 15.3 Å². The summed E-state index contributed by atoms with van der Waals surface area (Å²) in [6, 6.07) is 15.8. The molecule has 0 radical (unpaired) electrons. The predicted molar refractivity (Wildman–Crippen MR) is 99.6 cm³/mol. The number of benzene rings is 1. The fourth-order valence-corrected chi connectivity index (χ4v) is 3.89. The lowest BCUT2D eigenvalue weighted by Crippen LogP contribution is -2.25. The van der Waals surface area contributed by atoms with E-state index in [4.69, 9.17) is 0 Å². The molecule has 0 atom stereocenters. The summed E-state index contributed by atoms with van der Waals surface area (Å²) in [5, 5.41) is 3.74. The third-order valence-electron chi connectivity index (χ3n) is 3.29. The molecule has 24 heavy (non-hydrogen) atoms. The van der Waals surface area contributed by atoms with E-state index >= 15 is 0 Å². The number of nitrogens with zero attached hydrogens (tertiary/aromatic N) is 2. The summed E-state index contributed by atoms with van der Waals surface area (Å²) in [7, 11) is 0. The van der Waals surface area contributed by atoms with Crippen molar-refractivity contribution in [1.29, 1.82) is 0 Å². The predicted octanol–water partition coefficient (Wildman–Crippen LogP) is 4.04. The van der Waals surface area contributed by atoms with Crippen LogP contribution in [0.25, 0.3) is 10.7 Å². The highest BCUT2D eigenvalue weighted by molar-refractivity contribution is 7.99. The second kappa shape index (κ2) is 8.08. The number of carbonyl (C=O) groups excluding carboxylic acids is 1. The number of amides is 1. The Morgan fingerprint density at radius 1 is 1.17 bits per heavy atom. The van der Waals surface area contributed by atoms with Gasteiger partial charge in [-0.05, 0) is 31.2 Å². The van der Waals surface area contributed by atoms with Crippen LogP contribution in [0.2, 0.25) is 0 Å². The molecule has 2 heterocycles. The van der Waals surface area contributed by atoms with Crippen LogP contribution >= 0.6 is 23.1 Å². The maximum Gasteiger partial charge on any atom is 0.263 e. The summed E-state index contributed by atoms with van der Waals surface area (Å²) >= 11 is 3.11. The van der Waals surface area contributed by atoms with E-state index in [9.17, 15) is 4.79 Å². The molecule has 0 aliphatic heterocycles. The van der Waals surface area contributed by atoms with Gasteiger partial charge in [0.2, 0.25) is 0 Å². The van der Waals surface area contributed by atoms with Crippen molar-refractivity contribution >= 4 is 29.0 Å². The van der Waals surface area contributed by atoms with Crippen molar-refractivity contribution < 1.29 is 4.79 Å². The number of aromatic nitrogens is 2. The first-order valence-corrected chi connectivity index (χ1v) is 9.39. The molecule has 0 saturated heterocycles. The van der Waals surface area contributed by atoms with Crippen LogP contribution < -0.4 is 5.32 Å². The molecule has 122 valence electrons. The Balaban J connectivity index is 1.56. The molecule has 3 rings (SSSR count). The average molecular weight is 355 g/mol. The fraction of sp³-hybridized carbons (Fsp3) is 0.167. The highest BCUT2D eigenvalue weighted by Crippen LogP contribution is 2.26. The summed E-state index contributed by atoms with van der Waals surface area (Å²) < 4.78 is 0. The average Bonchev–Trinajstić information content (AvgIpc) is 3.02. The summed E-state index contributed by atoms with van der Waals surface area (Å²) in [6.45, 7) is 2.48. The van der Waals surface area contributed by atoms with E-state index in [1.54, 1.807) is 18.0 Å². The van der Waals surface area contributed by atoms with Crippen LogP contribution in [-0.4, -0.2) is 28.2 Å². The largest absolute Gasteiger partial charge is 0.350 e. The maximum absolute atomic E-state index is 12.4. The molecule has 1 amide bonds. The lowest BCUT2D eigenvalue weighted by molar-refractivity contribution is 0.0959. The second-order valence-electron chi connectivity index (χ2n) is 5.07. The number of thioether (sulfide) groups is 1. The quantitative estimate of drug-likeness (QED) is 0.536. The molecule has 4 nitrogen and oxygen atoms in total. The lowest BCUT2D eigenvalue weighted by atomic mass is 10.3. The topological polar surface area (TPSA) is 54.9 Å². The number of hydrogen-bond donors (Lipinski definition) is 1. The number of carbonyl (C=O) groups is 1. The minimum Gasteiger partial charge on any atom is -0.350 e. The van der Waals surface area contributed by atoms with Crippen LogP contribution in [0.4, 0.5) is 0 Å². The smallest absolute Gasteiger partial charge is 0.263 e. The summed E-state index contributed by atoms with van der Waals surface area (Å²) in [5.41, 5.74) is 1.54. The Morgan fingerprint density at radius 2 is 1.96 bits per heavy atom. The molecule has 0 saturated carbocycles. The zero-order chi connectivity index (χ0) is 16.8. The molecule has 0 spiro atoms. The van der Waals surface area contributed by atoms with Crippen molar-refractivity contribution in [2.24, 2.45) is 0 Å². The first-order valence-electron chi connectivity index (χ1n) is 7.59. The van der Waals surface area contributed by atoms with Gasteiger partial charge in [0.15, 0.2) is 0 Å². The maximum atomic E-state index is 12.4. The molecule has 2 aromatic heterocycles. The SMILES string of the molecule is Cc1nc(-c2ccccn2)sc1C(=O)NCCSc1ccccc1. The lowest BCUT2D eigenvalue weighted by Gasteiger charge is -2.04. The van der Waals surface area contributed by atoms with Gasteiger partial charge in [0, 0.05) is 23.4 Å². The highest BCUT2D eigenvalue weighted by Gasteiger charge is 2.16. The van der Waals surface area contributed by atoms with Crippen LogP contribution in [0.1, 0.15) is 15.4 Å². The number of hydrogen-bond acceptors (Lipinski definition) is 5. The van der Waals surface area contributed by atoms with Gasteiger partial charge < -0.3 is 5.32 Å². The van der Waals surface area contributed by atoms with Crippen LogP contribution in [-0.2, 0) is 0 Å². The normalized spacial score (nSPS) is 10.5. The van der Waals surface area contributed by atoms with Gasteiger partial charge >= 0.3 is 0 Å². The molecular formula is C18H17N3OS2. The Hall–Kier alpha value is -2.18. The number of nitrogens with one attached hydrogen (secondary N) is 1. The molecule has 1 aromatic carbocycles. The number of aryl methyl sites for hydroxylation is 1. The van der Waals surface area contributed by atoms with Crippen molar-refractivity contribution in [2.45, 2.75) is 11.8 Å². The third-order valence-corrected chi connectivity index (χ3v) is 5.48. The molecule has 6 heteroatoms. The van der Waals surface area contributed by atoms with Gasteiger partial charge in [-0.25, -0.2) is 4.98 Å². The van der Waals surface area contributed by atoms with E-state index in [0.717, 1.165) is 22.1 Å². The fourth-order valence-electron chi connectivity index (χ4n) is 2.14. The molecule has 0 aliphatic rings. The van der Waals surface area contributed by atoms with Crippen molar-refractivity contribution in [3.63, 3.8) is 0 Å². The minimum atomic E-state index is -0.0687. The van der Waals surface area contributed by atoms with Crippen LogP contribution in [0.3, 0.4) is 0 Å². The summed E-state index contributed by atoms with van der Waals surface area (Å²) in [4.78, 5) is 23.0. The number of thiazole rings is 1. The number of rotatable bonds is 6. The highest BCUT2D eigenvalue weighted by atomic mass is 32.2. The Kier molecular flexibility index (Phi) is 5.61. The molecule has 3 aromatic rings. The Morgan fingerprint density at radius 3 is 2.71 bits per heavy atom. The van der Waals surface area contributed by atoms with E-state index in [1.165, 1.54) is 16.2 Å². The summed E-state index contributed by atoms with van der Waals surface area (Å²) in [5.74, 6) is 0.765. The molecule has 0 fully saturated rings. The Labute approximate surface area is 149 Å². The summed E-state index contributed by atoms with van der Waals surface area (Å²) in [6.07, 6.45) is 1.73. The van der Waals surface area contributed by atoms with Crippen molar-refractivity contribution in [2.75, 3.05) is 12.3 Å². The molecule has 0 bridgehead atoms. The first kappa shape index (κ1) is 16.7. The molecule has 0 unspecified atom stereocenters. The van der Waals surface area contributed by atoms with Gasteiger partial charge in [-0.1, -0.05) is 24.3 Å². The minimum absolute atomic E-state index is 0.0687.